The molecule has 1 heterocycles. The lowest BCUT2D eigenvalue weighted by Gasteiger charge is -2.30. The van der Waals surface area contributed by atoms with E-state index in [1.54, 1.807) is 0 Å². The molecule has 0 bridgehead atoms. The maximum atomic E-state index is 11.2. The largest absolute Gasteiger partial charge is 0.480 e. The maximum Gasteiger partial charge on any atom is 0.320 e. The highest BCUT2D eigenvalue weighted by atomic mass is 35.5. The number of carboxylic acids is 1. The van der Waals surface area contributed by atoms with Crippen LogP contribution in [0.2, 0.25) is 0 Å². The first-order valence-corrected chi connectivity index (χ1v) is 6.74. The number of hydrogen-bond acceptors (Lipinski definition) is 2. The molecule has 0 radical (unpaired) electrons. The first kappa shape index (κ1) is 14.4. The van der Waals surface area contributed by atoms with E-state index in [0.29, 0.717) is 5.92 Å². The summed E-state index contributed by atoms with van der Waals surface area (Å²) in [4.78, 5) is 11.2. The Bertz CT molecular complexity index is 451. The summed E-state index contributed by atoms with van der Waals surface area (Å²) in [6.45, 7) is 0. The van der Waals surface area contributed by atoms with Crippen LogP contribution >= 0.6 is 12.4 Å². The highest BCUT2D eigenvalue weighted by Gasteiger charge is 2.51. The van der Waals surface area contributed by atoms with Crippen molar-refractivity contribution in [2.45, 2.75) is 43.7 Å². The molecule has 4 heteroatoms. The van der Waals surface area contributed by atoms with Crippen LogP contribution in [0.3, 0.4) is 0 Å². The molecule has 104 valence electrons. The Morgan fingerprint density at radius 1 is 1.37 bits per heavy atom. The monoisotopic (exact) mass is 281 g/mol. The highest BCUT2D eigenvalue weighted by Crippen LogP contribution is 2.45. The zero-order valence-electron chi connectivity index (χ0n) is 10.8. The van der Waals surface area contributed by atoms with Crippen molar-refractivity contribution in [2.75, 3.05) is 0 Å². The first-order chi connectivity index (χ1) is 8.70. The molecule has 0 amide bonds. The number of carboxylic acid groups (broad SMARTS) is 1. The fourth-order valence-electron chi connectivity index (χ4n) is 3.77. The molecule has 1 aromatic carbocycles. The molecule has 1 aliphatic carbocycles. The van der Waals surface area contributed by atoms with Crippen LogP contribution in [-0.2, 0) is 11.2 Å². The number of fused-ring (bicyclic) bond motifs is 1. The van der Waals surface area contributed by atoms with Gasteiger partial charge in [-0.2, -0.15) is 0 Å². The van der Waals surface area contributed by atoms with Crippen LogP contribution in [0.1, 0.15) is 31.2 Å². The van der Waals surface area contributed by atoms with Gasteiger partial charge in [0.1, 0.15) is 6.04 Å². The number of halogens is 1. The fraction of sp³-hybridized carbons (Fsp3) is 0.533. The van der Waals surface area contributed by atoms with Crippen LogP contribution in [0.15, 0.2) is 30.3 Å². The molecule has 3 nitrogen and oxygen atoms in total. The van der Waals surface area contributed by atoms with Crippen LogP contribution in [-0.4, -0.2) is 22.7 Å². The van der Waals surface area contributed by atoms with Crippen molar-refractivity contribution in [1.29, 1.82) is 0 Å². The van der Waals surface area contributed by atoms with Crippen molar-refractivity contribution in [1.82, 2.24) is 5.32 Å². The third kappa shape index (κ3) is 2.63. The second-order valence-corrected chi connectivity index (χ2v) is 5.68. The molecule has 1 saturated heterocycles. The summed E-state index contributed by atoms with van der Waals surface area (Å²) in [7, 11) is 0. The number of aliphatic carboxylic acids is 1. The molecular formula is C15H20ClNO2. The van der Waals surface area contributed by atoms with Crippen molar-refractivity contribution >= 4 is 18.4 Å². The van der Waals surface area contributed by atoms with Crippen molar-refractivity contribution < 1.29 is 9.90 Å². The summed E-state index contributed by atoms with van der Waals surface area (Å²) < 4.78 is 0. The predicted octanol–water partition coefficient (Wildman–Crippen LogP) is 2.64. The van der Waals surface area contributed by atoms with Gasteiger partial charge in [-0.15, -0.1) is 12.4 Å². The topological polar surface area (TPSA) is 49.3 Å². The quantitative estimate of drug-likeness (QED) is 0.895. The van der Waals surface area contributed by atoms with E-state index in [9.17, 15) is 9.90 Å². The van der Waals surface area contributed by atoms with Gasteiger partial charge in [0.2, 0.25) is 0 Å². The molecule has 3 atom stereocenters. The van der Waals surface area contributed by atoms with E-state index in [1.165, 1.54) is 18.4 Å². The van der Waals surface area contributed by atoms with Crippen molar-refractivity contribution in [2.24, 2.45) is 5.92 Å². The lowest BCUT2D eigenvalue weighted by Crippen LogP contribution is -2.48. The minimum absolute atomic E-state index is 0. The SMILES string of the molecule is Cl.O=C(O)C1CC2CCCC2(Cc2ccccc2)N1. The lowest BCUT2D eigenvalue weighted by atomic mass is 9.83. The van der Waals surface area contributed by atoms with E-state index in [4.69, 9.17) is 0 Å². The van der Waals surface area contributed by atoms with Gasteiger partial charge in [-0.25, -0.2) is 0 Å². The summed E-state index contributed by atoms with van der Waals surface area (Å²) in [6, 6.07) is 10.1. The summed E-state index contributed by atoms with van der Waals surface area (Å²) >= 11 is 0. The molecule has 1 aromatic rings. The van der Waals surface area contributed by atoms with Gasteiger partial charge in [0.25, 0.3) is 0 Å². The fourth-order valence-corrected chi connectivity index (χ4v) is 3.77. The van der Waals surface area contributed by atoms with E-state index in [-0.39, 0.29) is 24.0 Å². The molecular weight excluding hydrogens is 262 g/mol. The maximum absolute atomic E-state index is 11.2. The van der Waals surface area contributed by atoms with Gasteiger partial charge in [0, 0.05) is 5.54 Å². The smallest absolute Gasteiger partial charge is 0.320 e. The van der Waals surface area contributed by atoms with Gasteiger partial charge in [-0.1, -0.05) is 36.8 Å². The number of benzene rings is 1. The number of carbonyl (C=O) groups is 1. The van der Waals surface area contributed by atoms with Crippen LogP contribution in [0, 0.1) is 5.92 Å². The van der Waals surface area contributed by atoms with Gasteiger partial charge < -0.3 is 5.11 Å². The average Bonchev–Trinajstić information content (AvgIpc) is 2.86. The molecule has 1 saturated carbocycles. The van der Waals surface area contributed by atoms with Crippen molar-refractivity contribution in [3.63, 3.8) is 0 Å². The minimum Gasteiger partial charge on any atom is -0.480 e. The lowest BCUT2D eigenvalue weighted by molar-refractivity contribution is -0.139. The van der Waals surface area contributed by atoms with E-state index >= 15 is 0 Å². The molecule has 2 fully saturated rings. The van der Waals surface area contributed by atoms with Crippen LogP contribution in [0.5, 0.6) is 0 Å². The molecule has 2 N–H and O–H groups in total. The predicted molar refractivity (Wildman–Crippen MR) is 76.6 cm³/mol. The third-order valence-electron chi connectivity index (χ3n) is 4.60. The molecule has 2 aliphatic rings. The van der Waals surface area contributed by atoms with Gasteiger partial charge in [0.05, 0.1) is 0 Å². The van der Waals surface area contributed by atoms with Crippen LogP contribution in [0.25, 0.3) is 0 Å². The van der Waals surface area contributed by atoms with E-state index < -0.39 is 5.97 Å². The third-order valence-corrected chi connectivity index (χ3v) is 4.60. The van der Waals surface area contributed by atoms with Crippen molar-refractivity contribution in [3.05, 3.63) is 35.9 Å². The van der Waals surface area contributed by atoms with Crippen molar-refractivity contribution in [3.8, 4) is 0 Å². The first-order valence-electron chi connectivity index (χ1n) is 6.74. The zero-order valence-corrected chi connectivity index (χ0v) is 11.7. The molecule has 3 unspecified atom stereocenters. The van der Waals surface area contributed by atoms with Gasteiger partial charge in [-0.05, 0) is 37.2 Å². The van der Waals surface area contributed by atoms with E-state index in [2.05, 4.69) is 29.6 Å². The summed E-state index contributed by atoms with van der Waals surface area (Å²) in [6.07, 6.45) is 5.25. The number of hydrogen-bond donors (Lipinski definition) is 2. The Kier molecular flexibility index (Phi) is 4.16. The number of rotatable bonds is 3. The Morgan fingerprint density at radius 2 is 2.11 bits per heavy atom. The normalized spacial score (nSPS) is 32.6. The van der Waals surface area contributed by atoms with Gasteiger partial charge >= 0.3 is 5.97 Å². The second kappa shape index (κ2) is 5.51. The Labute approximate surface area is 119 Å². The summed E-state index contributed by atoms with van der Waals surface area (Å²) in [5.74, 6) is -0.171. The molecule has 3 rings (SSSR count). The Balaban J connectivity index is 0.00000133. The minimum atomic E-state index is -0.697. The van der Waals surface area contributed by atoms with Crippen LogP contribution in [0.4, 0.5) is 0 Å². The Morgan fingerprint density at radius 3 is 2.79 bits per heavy atom. The zero-order chi connectivity index (χ0) is 12.6. The molecule has 0 spiro atoms. The van der Waals surface area contributed by atoms with Gasteiger partial charge in [-0.3, -0.25) is 10.1 Å². The number of nitrogens with one attached hydrogen (secondary N) is 1. The standard InChI is InChI=1S/C15H19NO2.ClH/c17-14(18)13-9-12-7-4-8-15(12,16-13)10-11-5-2-1-3-6-11;/h1-3,5-6,12-13,16H,4,7-10H2,(H,17,18);1H. The Hall–Kier alpha value is -1.06. The summed E-state index contributed by atoms with van der Waals surface area (Å²) in [5.41, 5.74) is 1.34. The van der Waals surface area contributed by atoms with E-state index in [0.717, 1.165) is 19.3 Å². The molecule has 0 aromatic heterocycles. The molecule has 19 heavy (non-hydrogen) atoms. The van der Waals surface area contributed by atoms with Gasteiger partial charge in [0.15, 0.2) is 0 Å². The average molecular weight is 282 g/mol. The summed E-state index contributed by atoms with van der Waals surface area (Å²) in [5, 5.41) is 12.6. The van der Waals surface area contributed by atoms with E-state index in [1.807, 2.05) is 6.07 Å². The highest BCUT2D eigenvalue weighted by molar-refractivity contribution is 5.85. The second-order valence-electron chi connectivity index (χ2n) is 5.68. The molecule has 1 aliphatic heterocycles. The van der Waals surface area contributed by atoms with Crippen LogP contribution < -0.4 is 5.32 Å².